The highest BCUT2D eigenvalue weighted by molar-refractivity contribution is 8.00. The Morgan fingerprint density at radius 2 is 2.00 bits per heavy atom. The maximum absolute atomic E-state index is 12.1. The molecule has 0 bridgehead atoms. The van der Waals surface area contributed by atoms with Crippen LogP contribution in [0.15, 0.2) is 46.1 Å². The van der Waals surface area contributed by atoms with Crippen LogP contribution in [0.4, 0.5) is 0 Å². The summed E-state index contributed by atoms with van der Waals surface area (Å²) in [6.07, 6.45) is 1.52. The minimum Gasteiger partial charge on any atom is -0.455 e. The molecule has 0 spiro atoms. The van der Waals surface area contributed by atoms with Gasteiger partial charge in [0.1, 0.15) is 16.2 Å². The fourth-order valence-corrected chi connectivity index (χ4v) is 4.50. The summed E-state index contributed by atoms with van der Waals surface area (Å²) in [7, 11) is 0. The molecule has 28 heavy (non-hydrogen) atoms. The highest BCUT2D eigenvalue weighted by atomic mass is 32.2. The number of aryl methyl sites for hydroxylation is 2. The van der Waals surface area contributed by atoms with Gasteiger partial charge in [0.05, 0.1) is 5.75 Å². The summed E-state index contributed by atoms with van der Waals surface area (Å²) in [4.78, 5) is 22.9. The Hall–Kier alpha value is -2.78. The second kappa shape index (κ2) is 8.07. The lowest BCUT2D eigenvalue weighted by Gasteiger charge is -2.03. The molecule has 4 aromatic rings. The summed E-state index contributed by atoms with van der Waals surface area (Å²) in [5.74, 6) is 0.416. The van der Waals surface area contributed by atoms with Crippen LogP contribution in [0.3, 0.4) is 0 Å². The first-order chi connectivity index (χ1) is 13.6. The van der Waals surface area contributed by atoms with E-state index in [1.165, 1.54) is 23.0 Å². The van der Waals surface area contributed by atoms with E-state index in [1.807, 2.05) is 37.3 Å². The molecule has 0 amide bonds. The van der Waals surface area contributed by atoms with Gasteiger partial charge in [0.2, 0.25) is 5.89 Å². The minimum absolute atomic E-state index is 0.0605. The molecule has 0 saturated carbocycles. The normalized spacial score (nSPS) is 11.1. The number of carbonyl (C=O) groups excluding carboxylic acids is 1. The van der Waals surface area contributed by atoms with Crippen LogP contribution in [0.25, 0.3) is 21.7 Å². The van der Waals surface area contributed by atoms with Gasteiger partial charge in [-0.25, -0.2) is 9.97 Å². The van der Waals surface area contributed by atoms with Crippen LogP contribution < -0.4 is 0 Å². The molecule has 0 N–H and O–H groups in total. The topological polar surface area (TPSA) is 91.0 Å². The Morgan fingerprint density at radius 3 is 2.82 bits per heavy atom. The number of hydrogen-bond acceptors (Lipinski definition) is 9. The number of thioether (sulfide) groups is 1. The van der Waals surface area contributed by atoms with E-state index in [0.717, 1.165) is 26.4 Å². The maximum atomic E-state index is 12.1. The molecule has 0 unspecified atom stereocenters. The fourth-order valence-electron chi connectivity index (χ4n) is 2.58. The second-order valence-electron chi connectivity index (χ2n) is 5.96. The average molecular weight is 412 g/mol. The van der Waals surface area contributed by atoms with Crippen molar-refractivity contribution in [3.63, 3.8) is 0 Å². The van der Waals surface area contributed by atoms with Crippen LogP contribution in [0.1, 0.15) is 16.3 Å². The van der Waals surface area contributed by atoms with Crippen molar-refractivity contribution in [2.45, 2.75) is 25.5 Å². The number of benzene rings is 1. The number of esters is 1. The summed E-state index contributed by atoms with van der Waals surface area (Å²) in [6, 6.07) is 9.42. The van der Waals surface area contributed by atoms with E-state index >= 15 is 0 Å². The van der Waals surface area contributed by atoms with Gasteiger partial charge < -0.3 is 9.15 Å². The predicted octanol–water partition coefficient (Wildman–Crippen LogP) is 4.19. The van der Waals surface area contributed by atoms with Gasteiger partial charge >= 0.3 is 5.97 Å². The molecule has 9 heteroatoms. The third kappa shape index (κ3) is 3.90. The number of nitrogens with zero attached hydrogens (tertiary/aromatic N) is 4. The summed E-state index contributed by atoms with van der Waals surface area (Å²) >= 11 is 2.96. The highest BCUT2D eigenvalue weighted by Gasteiger charge is 2.15. The monoisotopic (exact) mass is 412 g/mol. The lowest BCUT2D eigenvalue weighted by atomic mass is 10.2. The van der Waals surface area contributed by atoms with E-state index in [1.54, 1.807) is 11.3 Å². The summed E-state index contributed by atoms with van der Waals surface area (Å²) in [5, 5.41) is 9.69. The van der Waals surface area contributed by atoms with Gasteiger partial charge in [-0.1, -0.05) is 30.0 Å². The molecule has 4 rings (SSSR count). The molecular formula is C19H16N4O3S2. The number of carbonyl (C=O) groups is 1. The Morgan fingerprint density at radius 1 is 1.18 bits per heavy atom. The average Bonchev–Trinajstić information content (AvgIpc) is 3.30. The van der Waals surface area contributed by atoms with E-state index < -0.39 is 0 Å². The van der Waals surface area contributed by atoms with Crippen LogP contribution in [-0.2, 0) is 16.1 Å². The van der Waals surface area contributed by atoms with E-state index in [0.29, 0.717) is 5.89 Å². The molecule has 0 saturated heterocycles. The van der Waals surface area contributed by atoms with Gasteiger partial charge in [0, 0.05) is 15.8 Å². The number of hydrogen-bond donors (Lipinski definition) is 0. The van der Waals surface area contributed by atoms with Crippen molar-refractivity contribution >= 4 is 39.3 Å². The van der Waals surface area contributed by atoms with Crippen LogP contribution >= 0.6 is 23.1 Å². The molecule has 0 aliphatic heterocycles. The quantitative estimate of drug-likeness (QED) is 0.264. The van der Waals surface area contributed by atoms with Crippen LogP contribution in [0, 0.1) is 13.8 Å². The molecule has 0 fully saturated rings. The minimum atomic E-state index is -0.374. The Labute approximate surface area is 169 Å². The largest absolute Gasteiger partial charge is 0.455 e. The first-order valence-electron chi connectivity index (χ1n) is 8.48. The van der Waals surface area contributed by atoms with Gasteiger partial charge in [-0.15, -0.1) is 21.5 Å². The van der Waals surface area contributed by atoms with Gasteiger partial charge in [0.15, 0.2) is 6.61 Å². The standard InChI is InChI=1S/C19H16N4O3S2/c1-11-12(2)28-19-16(11)18(20-10-21-19)27-9-15(24)25-8-14-22-23-17(26-14)13-6-4-3-5-7-13/h3-7,10H,8-9H2,1-2H3. The molecule has 0 radical (unpaired) electrons. The third-order valence-electron chi connectivity index (χ3n) is 4.10. The Balaban J connectivity index is 1.35. The van der Waals surface area contributed by atoms with E-state index in [-0.39, 0.29) is 24.2 Å². The number of ether oxygens (including phenoxy) is 1. The van der Waals surface area contributed by atoms with E-state index in [2.05, 4.69) is 27.1 Å². The zero-order valence-corrected chi connectivity index (χ0v) is 16.8. The maximum Gasteiger partial charge on any atom is 0.316 e. The van der Waals surface area contributed by atoms with Crippen LogP contribution in [-0.4, -0.2) is 31.9 Å². The van der Waals surface area contributed by atoms with E-state index in [4.69, 9.17) is 9.15 Å². The van der Waals surface area contributed by atoms with Crippen LogP contribution in [0.2, 0.25) is 0 Å². The van der Waals surface area contributed by atoms with Crippen molar-refractivity contribution in [3.8, 4) is 11.5 Å². The van der Waals surface area contributed by atoms with Crippen LogP contribution in [0.5, 0.6) is 0 Å². The zero-order valence-electron chi connectivity index (χ0n) is 15.2. The van der Waals surface area contributed by atoms with Gasteiger partial charge in [-0.3, -0.25) is 4.79 Å². The molecule has 1 aromatic carbocycles. The van der Waals surface area contributed by atoms with Crippen molar-refractivity contribution in [2.24, 2.45) is 0 Å². The zero-order chi connectivity index (χ0) is 19.5. The molecule has 0 atom stereocenters. The highest BCUT2D eigenvalue weighted by Crippen LogP contribution is 2.34. The Kier molecular flexibility index (Phi) is 5.36. The van der Waals surface area contributed by atoms with Crippen molar-refractivity contribution in [3.05, 3.63) is 53.0 Å². The first kappa shape index (κ1) is 18.6. The third-order valence-corrected chi connectivity index (χ3v) is 6.18. The second-order valence-corrected chi connectivity index (χ2v) is 8.13. The lowest BCUT2D eigenvalue weighted by molar-refractivity contribution is -0.142. The molecule has 0 aliphatic rings. The van der Waals surface area contributed by atoms with Gasteiger partial charge in [-0.05, 0) is 31.5 Å². The van der Waals surface area contributed by atoms with Crippen molar-refractivity contribution in [1.82, 2.24) is 20.2 Å². The number of aromatic nitrogens is 4. The van der Waals surface area contributed by atoms with Crippen molar-refractivity contribution in [2.75, 3.05) is 5.75 Å². The molecule has 142 valence electrons. The predicted molar refractivity (Wildman–Crippen MR) is 107 cm³/mol. The van der Waals surface area contributed by atoms with Crippen molar-refractivity contribution < 1.29 is 13.9 Å². The molecule has 0 aliphatic carbocycles. The molecular weight excluding hydrogens is 396 g/mol. The number of rotatable bonds is 6. The lowest BCUT2D eigenvalue weighted by Crippen LogP contribution is -2.07. The summed E-state index contributed by atoms with van der Waals surface area (Å²) in [6.45, 7) is 4.04. The first-order valence-corrected chi connectivity index (χ1v) is 10.3. The molecule has 7 nitrogen and oxygen atoms in total. The SMILES string of the molecule is Cc1sc2ncnc(SCC(=O)OCc3nnc(-c4ccccc4)o3)c2c1C. The smallest absolute Gasteiger partial charge is 0.316 e. The number of fused-ring (bicyclic) bond motifs is 1. The molecule has 3 heterocycles. The number of thiophene rings is 1. The Bertz CT molecular complexity index is 1120. The van der Waals surface area contributed by atoms with Gasteiger partial charge in [0.25, 0.3) is 5.89 Å². The van der Waals surface area contributed by atoms with E-state index in [9.17, 15) is 4.79 Å². The van der Waals surface area contributed by atoms with Gasteiger partial charge in [-0.2, -0.15) is 0 Å². The molecule has 3 aromatic heterocycles. The summed E-state index contributed by atoms with van der Waals surface area (Å²) < 4.78 is 10.8. The van der Waals surface area contributed by atoms with Crippen molar-refractivity contribution in [1.29, 1.82) is 0 Å². The summed E-state index contributed by atoms with van der Waals surface area (Å²) in [5.41, 5.74) is 1.97. The fraction of sp³-hybridized carbons (Fsp3) is 0.211.